The zero-order valence-electron chi connectivity index (χ0n) is 22.5. The van der Waals surface area contributed by atoms with E-state index in [2.05, 4.69) is 20.3 Å². The molecular weight excluding hydrogens is 547 g/mol. The SMILES string of the molecule is Cc1ccc(NC(=O)c2cc(N3CCOCC3)cc(C(F)(F)F)c2)cc1-c1cc2c(ccn2-c2cc(N)ncn2)cn1. The molecule has 1 aliphatic heterocycles. The number of benzene rings is 2. The molecule has 1 fully saturated rings. The third-order valence-corrected chi connectivity index (χ3v) is 7.15. The highest BCUT2D eigenvalue weighted by Gasteiger charge is 2.32. The van der Waals surface area contributed by atoms with Gasteiger partial charge in [0.15, 0.2) is 0 Å². The number of rotatable bonds is 5. The van der Waals surface area contributed by atoms with Crippen LogP contribution in [0, 0.1) is 6.92 Å². The summed E-state index contributed by atoms with van der Waals surface area (Å²) in [5, 5.41) is 3.65. The number of halogens is 3. The number of aromatic nitrogens is 4. The van der Waals surface area contributed by atoms with Crippen LogP contribution in [0.2, 0.25) is 0 Å². The lowest BCUT2D eigenvalue weighted by Gasteiger charge is -2.29. The van der Waals surface area contributed by atoms with Gasteiger partial charge < -0.3 is 25.3 Å². The summed E-state index contributed by atoms with van der Waals surface area (Å²) in [7, 11) is 0. The average Bonchev–Trinajstić information content (AvgIpc) is 3.41. The van der Waals surface area contributed by atoms with E-state index in [0.29, 0.717) is 55.0 Å². The highest BCUT2D eigenvalue weighted by molar-refractivity contribution is 6.05. The number of nitrogen functional groups attached to an aromatic ring is 1. The first-order valence-electron chi connectivity index (χ1n) is 13.2. The molecule has 0 radical (unpaired) electrons. The molecule has 5 aromatic rings. The first-order valence-corrected chi connectivity index (χ1v) is 13.2. The number of nitrogens with zero attached hydrogens (tertiary/aromatic N) is 5. The van der Waals surface area contributed by atoms with E-state index >= 15 is 0 Å². The van der Waals surface area contributed by atoms with Crippen molar-refractivity contribution in [1.82, 2.24) is 19.5 Å². The van der Waals surface area contributed by atoms with Gasteiger partial charge in [-0.2, -0.15) is 13.2 Å². The molecule has 0 saturated carbocycles. The summed E-state index contributed by atoms with van der Waals surface area (Å²) < 4.78 is 48.4. The van der Waals surface area contributed by atoms with Gasteiger partial charge in [-0.25, -0.2) is 9.97 Å². The van der Waals surface area contributed by atoms with Crippen molar-refractivity contribution in [3.63, 3.8) is 0 Å². The Morgan fingerprint density at radius 2 is 1.81 bits per heavy atom. The molecule has 3 N–H and O–H groups in total. The Morgan fingerprint density at radius 3 is 2.57 bits per heavy atom. The minimum atomic E-state index is -4.60. The van der Waals surface area contributed by atoms with Crippen molar-refractivity contribution in [2.45, 2.75) is 13.1 Å². The number of hydrogen-bond acceptors (Lipinski definition) is 7. The van der Waals surface area contributed by atoms with Crippen LogP contribution in [0.25, 0.3) is 28.0 Å². The molecule has 3 aromatic heterocycles. The summed E-state index contributed by atoms with van der Waals surface area (Å²) in [6.45, 7) is 3.60. The van der Waals surface area contributed by atoms with E-state index in [1.807, 2.05) is 35.9 Å². The number of amides is 1. The minimum Gasteiger partial charge on any atom is -0.384 e. The second kappa shape index (κ2) is 10.8. The molecule has 9 nitrogen and oxygen atoms in total. The van der Waals surface area contributed by atoms with Gasteiger partial charge in [-0.1, -0.05) is 6.07 Å². The van der Waals surface area contributed by atoms with Gasteiger partial charge in [-0.15, -0.1) is 0 Å². The second-order valence-electron chi connectivity index (χ2n) is 9.96. The molecular formula is C30H26F3N7O2. The highest BCUT2D eigenvalue weighted by atomic mass is 19.4. The third-order valence-electron chi connectivity index (χ3n) is 7.15. The smallest absolute Gasteiger partial charge is 0.384 e. The van der Waals surface area contributed by atoms with Crippen LogP contribution in [-0.4, -0.2) is 51.7 Å². The summed E-state index contributed by atoms with van der Waals surface area (Å²) in [5.41, 5.74) is 8.77. The van der Waals surface area contributed by atoms with E-state index in [9.17, 15) is 18.0 Å². The van der Waals surface area contributed by atoms with Gasteiger partial charge in [0.1, 0.15) is 18.0 Å². The molecule has 42 heavy (non-hydrogen) atoms. The molecule has 0 aliphatic carbocycles. The first kappa shape index (κ1) is 27.2. The molecule has 4 heterocycles. The van der Waals surface area contributed by atoms with Crippen molar-refractivity contribution < 1.29 is 22.7 Å². The van der Waals surface area contributed by atoms with Crippen LogP contribution < -0.4 is 16.0 Å². The van der Waals surface area contributed by atoms with Crippen molar-refractivity contribution >= 4 is 34.0 Å². The molecule has 0 atom stereocenters. The van der Waals surface area contributed by atoms with Gasteiger partial charge in [0.2, 0.25) is 0 Å². The van der Waals surface area contributed by atoms with Crippen LogP contribution in [0.4, 0.5) is 30.4 Å². The lowest BCUT2D eigenvalue weighted by atomic mass is 10.0. The lowest BCUT2D eigenvalue weighted by Crippen LogP contribution is -2.36. The van der Waals surface area contributed by atoms with Crippen LogP contribution in [-0.2, 0) is 10.9 Å². The van der Waals surface area contributed by atoms with Crippen LogP contribution in [0.5, 0.6) is 0 Å². The van der Waals surface area contributed by atoms with E-state index in [4.69, 9.17) is 10.5 Å². The molecule has 12 heteroatoms. The molecule has 0 spiro atoms. The van der Waals surface area contributed by atoms with E-state index in [-0.39, 0.29) is 5.56 Å². The van der Waals surface area contributed by atoms with Crippen molar-refractivity contribution in [2.24, 2.45) is 0 Å². The topological polar surface area (TPSA) is 111 Å². The van der Waals surface area contributed by atoms with E-state index in [0.717, 1.165) is 34.2 Å². The Balaban J connectivity index is 1.32. The van der Waals surface area contributed by atoms with Crippen LogP contribution in [0.15, 0.2) is 73.3 Å². The molecule has 1 saturated heterocycles. The number of aryl methyl sites for hydroxylation is 1. The highest BCUT2D eigenvalue weighted by Crippen LogP contribution is 2.34. The third kappa shape index (κ3) is 5.48. The Labute approximate surface area is 238 Å². The standard InChI is InChI=1S/C30H26F3N7O2/c1-18-2-3-22(38-29(41)20-10-21(30(31,32)33)12-23(11-20)39-6-8-42-9-7-39)13-24(18)25-14-26-19(16-35-25)4-5-40(26)28-15-27(34)36-17-37-28/h2-5,10-17H,6-9H2,1H3,(H,38,41)(H2,34,36,37). The maximum atomic E-state index is 13.7. The molecule has 0 bridgehead atoms. The van der Waals surface area contributed by atoms with Crippen molar-refractivity contribution in [3.8, 4) is 17.1 Å². The maximum Gasteiger partial charge on any atom is 0.416 e. The molecule has 1 aliphatic rings. The Kier molecular flexibility index (Phi) is 6.99. The number of fused-ring (bicyclic) bond motifs is 1. The van der Waals surface area contributed by atoms with Crippen LogP contribution in [0.1, 0.15) is 21.5 Å². The zero-order chi connectivity index (χ0) is 29.4. The predicted molar refractivity (Wildman–Crippen MR) is 154 cm³/mol. The van der Waals surface area contributed by atoms with Crippen molar-refractivity contribution in [2.75, 3.05) is 42.3 Å². The van der Waals surface area contributed by atoms with Crippen LogP contribution in [0.3, 0.4) is 0 Å². The molecule has 6 rings (SSSR count). The van der Waals surface area contributed by atoms with Gasteiger partial charge in [0.05, 0.1) is 30.0 Å². The van der Waals surface area contributed by atoms with Gasteiger partial charge in [0, 0.05) is 59.4 Å². The number of carbonyl (C=O) groups excluding carboxylic acids is 1. The number of alkyl halides is 3. The number of nitrogens with two attached hydrogens (primary N) is 1. The first-order chi connectivity index (χ1) is 20.2. The maximum absolute atomic E-state index is 13.7. The monoisotopic (exact) mass is 573 g/mol. The number of ether oxygens (including phenoxy) is 1. The fourth-order valence-corrected chi connectivity index (χ4v) is 4.96. The molecule has 214 valence electrons. The Morgan fingerprint density at radius 1 is 1.00 bits per heavy atom. The molecule has 1 amide bonds. The summed E-state index contributed by atoms with van der Waals surface area (Å²) in [5.74, 6) is 0.294. The normalized spacial score (nSPS) is 13.9. The van der Waals surface area contributed by atoms with Crippen molar-refractivity contribution in [1.29, 1.82) is 0 Å². The van der Waals surface area contributed by atoms with E-state index in [1.54, 1.807) is 29.3 Å². The summed E-state index contributed by atoms with van der Waals surface area (Å²) in [4.78, 5) is 27.9. The summed E-state index contributed by atoms with van der Waals surface area (Å²) in [6, 6.07) is 14.2. The zero-order valence-corrected chi connectivity index (χ0v) is 22.5. The molecule has 0 unspecified atom stereocenters. The largest absolute Gasteiger partial charge is 0.416 e. The quantitative estimate of drug-likeness (QED) is 0.286. The van der Waals surface area contributed by atoms with E-state index < -0.39 is 17.6 Å². The van der Waals surface area contributed by atoms with E-state index in [1.165, 1.54) is 12.4 Å². The number of anilines is 3. The Bertz CT molecular complexity index is 1800. The fourth-order valence-electron chi connectivity index (χ4n) is 4.96. The van der Waals surface area contributed by atoms with Gasteiger partial charge in [-0.3, -0.25) is 9.78 Å². The van der Waals surface area contributed by atoms with Gasteiger partial charge in [0.25, 0.3) is 5.91 Å². The number of morpholine rings is 1. The summed E-state index contributed by atoms with van der Waals surface area (Å²) in [6.07, 6.45) is 0.394. The number of nitrogens with one attached hydrogen (secondary N) is 1. The summed E-state index contributed by atoms with van der Waals surface area (Å²) >= 11 is 0. The molecule has 2 aromatic carbocycles. The fraction of sp³-hybridized carbons (Fsp3) is 0.200. The number of carbonyl (C=O) groups is 1. The van der Waals surface area contributed by atoms with Crippen LogP contribution >= 0.6 is 0 Å². The number of pyridine rings is 1. The van der Waals surface area contributed by atoms with Crippen molar-refractivity contribution in [3.05, 3.63) is 90.0 Å². The number of hydrogen-bond donors (Lipinski definition) is 2. The lowest BCUT2D eigenvalue weighted by molar-refractivity contribution is -0.137. The van der Waals surface area contributed by atoms with Gasteiger partial charge >= 0.3 is 6.18 Å². The second-order valence-corrected chi connectivity index (χ2v) is 9.96. The average molecular weight is 574 g/mol. The van der Waals surface area contributed by atoms with Gasteiger partial charge in [-0.05, 0) is 55.0 Å². The minimum absolute atomic E-state index is 0.0880. The predicted octanol–water partition coefficient (Wildman–Crippen LogP) is 5.48. The Hall–Kier alpha value is -4.97.